The number of rotatable bonds is 6. The van der Waals surface area contributed by atoms with Crippen molar-refractivity contribution in [1.82, 2.24) is 9.78 Å². The third kappa shape index (κ3) is 3.53. The monoisotopic (exact) mass is 285 g/mol. The van der Waals surface area contributed by atoms with Crippen LogP contribution < -0.4 is 5.73 Å². The van der Waals surface area contributed by atoms with Gasteiger partial charge < -0.3 is 5.73 Å². The van der Waals surface area contributed by atoms with Gasteiger partial charge in [0.05, 0.1) is 12.2 Å². The zero-order valence-electron chi connectivity index (χ0n) is 13.7. The second-order valence-electron chi connectivity index (χ2n) is 5.77. The van der Waals surface area contributed by atoms with E-state index in [1.807, 2.05) is 0 Å². The van der Waals surface area contributed by atoms with Crippen LogP contribution in [0.3, 0.4) is 0 Å². The first-order chi connectivity index (χ1) is 10.1. The fourth-order valence-corrected chi connectivity index (χ4v) is 3.17. The molecule has 2 N–H and O–H groups in total. The maximum Gasteiger partial charge on any atom is 0.0662 e. The van der Waals surface area contributed by atoms with E-state index in [4.69, 9.17) is 10.8 Å². The Bertz CT molecular complexity index is 591. The fourth-order valence-electron chi connectivity index (χ4n) is 3.17. The van der Waals surface area contributed by atoms with E-state index in [1.165, 1.54) is 33.6 Å². The molecule has 21 heavy (non-hydrogen) atoms. The Morgan fingerprint density at radius 1 is 1.05 bits per heavy atom. The molecule has 2 rings (SSSR count). The minimum Gasteiger partial charge on any atom is -0.330 e. The summed E-state index contributed by atoms with van der Waals surface area (Å²) in [4.78, 5) is 0. The molecule has 0 atom stereocenters. The number of aryl methyl sites for hydroxylation is 3. The van der Waals surface area contributed by atoms with Gasteiger partial charge in [0.15, 0.2) is 0 Å². The molecule has 3 heteroatoms. The highest BCUT2D eigenvalue weighted by Crippen LogP contribution is 2.19. The number of benzene rings is 1. The first kappa shape index (κ1) is 15.8. The summed E-state index contributed by atoms with van der Waals surface area (Å²) in [6.45, 7) is 10.2. The van der Waals surface area contributed by atoms with Crippen molar-refractivity contribution in [1.29, 1.82) is 0 Å². The average molecular weight is 285 g/mol. The van der Waals surface area contributed by atoms with Crippen LogP contribution in [0.25, 0.3) is 0 Å². The molecule has 0 bridgehead atoms. The molecule has 1 aromatic heterocycles. The van der Waals surface area contributed by atoms with Gasteiger partial charge in [-0.05, 0) is 50.8 Å². The first-order valence-corrected chi connectivity index (χ1v) is 7.93. The SMILES string of the molecule is CCc1nn(Cc2cc(C)cc(C)c2)c(CC)c1CCN. The molecular formula is C18H27N3. The van der Waals surface area contributed by atoms with E-state index in [0.717, 1.165) is 25.8 Å². The average Bonchev–Trinajstić information content (AvgIpc) is 2.75. The Balaban J connectivity index is 2.39. The lowest BCUT2D eigenvalue weighted by Gasteiger charge is -2.09. The number of nitrogens with two attached hydrogens (primary N) is 1. The maximum atomic E-state index is 5.77. The molecule has 0 aliphatic heterocycles. The van der Waals surface area contributed by atoms with Gasteiger partial charge in [-0.25, -0.2) is 0 Å². The topological polar surface area (TPSA) is 43.8 Å². The van der Waals surface area contributed by atoms with E-state index in [9.17, 15) is 0 Å². The minimum atomic E-state index is 0.690. The van der Waals surface area contributed by atoms with Crippen molar-refractivity contribution in [3.63, 3.8) is 0 Å². The van der Waals surface area contributed by atoms with E-state index in [2.05, 4.69) is 50.6 Å². The predicted octanol–water partition coefficient (Wildman–Crippen LogP) is 3.17. The van der Waals surface area contributed by atoms with Gasteiger partial charge in [-0.2, -0.15) is 5.10 Å². The van der Waals surface area contributed by atoms with E-state index < -0.39 is 0 Å². The highest BCUT2D eigenvalue weighted by Gasteiger charge is 2.15. The Hall–Kier alpha value is -1.61. The summed E-state index contributed by atoms with van der Waals surface area (Å²) in [5.74, 6) is 0. The molecule has 0 unspecified atom stereocenters. The smallest absolute Gasteiger partial charge is 0.0662 e. The van der Waals surface area contributed by atoms with Gasteiger partial charge in [0.2, 0.25) is 0 Å². The van der Waals surface area contributed by atoms with Crippen LogP contribution in [-0.4, -0.2) is 16.3 Å². The third-order valence-corrected chi connectivity index (χ3v) is 3.93. The lowest BCUT2D eigenvalue weighted by molar-refractivity contribution is 0.638. The molecular weight excluding hydrogens is 258 g/mol. The lowest BCUT2D eigenvalue weighted by Crippen LogP contribution is -2.09. The Morgan fingerprint density at radius 3 is 2.24 bits per heavy atom. The van der Waals surface area contributed by atoms with Crippen molar-refractivity contribution < 1.29 is 0 Å². The van der Waals surface area contributed by atoms with Gasteiger partial charge >= 0.3 is 0 Å². The molecule has 0 spiro atoms. The van der Waals surface area contributed by atoms with Crippen molar-refractivity contribution in [2.75, 3.05) is 6.54 Å². The summed E-state index contributed by atoms with van der Waals surface area (Å²) in [6.07, 6.45) is 2.91. The molecule has 114 valence electrons. The van der Waals surface area contributed by atoms with Crippen LogP contribution in [0.2, 0.25) is 0 Å². The summed E-state index contributed by atoms with van der Waals surface area (Å²) < 4.78 is 2.18. The van der Waals surface area contributed by atoms with Crippen LogP contribution in [0.5, 0.6) is 0 Å². The summed E-state index contributed by atoms with van der Waals surface area (Å²) >= 11 is 0. The van der Waals surface area contributed by atoms with E-state index in [1.54, 1.807) is 0 Å². The second-order valence-corrected chi connectivity index (χ2v) is 5.77. The highest BCUT2D eigenvalue weighted by molar-refractivity contribution is 5.31. The Kier molecular flexibility index (Phi) is 5.18. The van der Waals surface area contributed by atoms with Crippen molar-refractivity contribution in [2.24, 2.45) is 5.73 Å². The zero-order valence-corrected chi connectivity index (χ0v) is 13.7. The third-order valence-electron chi connectivity index (χ3n) is 3.93. The summed E-state index contributed by atoms with van der Waals surface area (Å²) in [7, 11) is 0. The van der Waals surface area contributed by atoms with Crippen LogP contribution in [0.15, 0.2) is 18.2 Å². The molecule has 3 nitrogen and oxygen atoms in total. The van der Waals surface area contributed by atoms with Crippen molar-refractivity contribution >= 4 is 0 Å². The predicted molar refractivity (Wildman–Crippen MR) is 88.8 cm³/mol. The Labute approximate surface area is 128 Å². The van der Waals surface area contributed by atoms with E-state index in [0.29, 0.717) is 6.54 Å². The van der Waals surface area contributed by atoms with Gasteiger partial charge in [0, 0.05) is 5.69 Å². The van der Waals surface area contributed by atoms with Gasteiger partial charge in [-0.3, -0.25) is 4.68 Å². The summed E-state index contributed by atoms with van der Waals surface area (Å²) in [6, 6.07) is 6.72. The molecule has 1 aromatic carbocycles. The van der Waals surface area contributed by atoms with Crippen LogP contribution >= 0.6 is 0 Å². The molecule has 1 heterocycles. The molecule has 0 saturated carbocycles. The molecule has 0 aliphatic carbocycles. The standard InChI is InChI=1S/C18H27N3/c1-5-17-16(7-8-19)18(6-2)21(20-17)12-15-10-13(3)9-14(4)11-15/h9-11H,5-8,12,19H2,1-4H3. The molecule has 0 saturated heterocycles. The molecule has 2 aromatic rings. The molecule has 0 aliphatic rings. The Morgan fingerprint density at radius 2 is 1.71 bits per heavy atom. The van der Waals surface area contributed by atoms with Gasteiger partial charge in [-0.1, -0.05) is 43.2 Å². The van der Waals surface area contributed by atoms with Crippen molar-refractivity contribution in [3.05, 3.63) is 51.8 Å². The minimum absolute atomic E-state index is 0.690. The summed E-state index contributed by atoms with van der Waals surface area (Å²) in [5, 5.41) is 4.83. The molecule has 0 radical (unpaired) electrons. The fraction of sp³-hybridized carbons (Fsp3) is 0.500. The van der Waals surface area contributed by atoms with Gasteiger partial charge in [-0.15, -0.1) is 0 Å². The van der Waals surface area contributed by atoms with Crippen molar-refractivity contribution in [2.45, 2.75) is 53.5 Å². The van der Waals surface area contributed by atoms with E-state index >= 15 is 0 Å². The number of aromatic nitrogens is 2. The highest BCUT2D eigenvalue weighted by atomic mass is 15.3. The quantitative estimate of drug-likeness (QED) is 0.886. The maximum absolute atomic E-state index is 5.77. The first-order valence-electron chi connectivity index (χ1n) is 7.93. The van der Waals surface area contributed by atoms with Crippen LogP contribution in [0.1, 0.15) is 47.5 Å². The lowest BCUT2D eigenvalue weighted by atomic mass is 10.1. The second kappa shape index (κ2) is 6.90. The number of nitrogens with zero attached hydrogens (tertiary/aromatic N) is 2. The van der Waals surface area contributed by atoms with Crippen LogP contribution in [0, 0.1) is 13.8 Å². The largest absolute Gasteiger partial charge is 0.330 e. The normalized spacial score (nSPS) is 11.1. The summed E-state index contributed by atoms with van der Waals surface area (Å²) in [5.41, 5.74) is 13.6. The molecule has 0 fully saturated rings. The van der Waals surface area contributed by atoms with Gasteiger partial charge in [0.25, 0.3) is 0 Å². The number of hydrogen-bond acceptors (Lipinski definition) is 2. The van der Waals surface area contributed by atoms with E-state index in [-0.39, 0.29) is 0 Å². The zero-order chi connectivity index (χ0) is 15.4. The van der Waals surface area contributed by atoms with Crippen molar-refractivity contribution in [3.8, 4) is 0 Å². The number of hydrogen-bond donors (Lipinski definition) is 1. The van der Waals surface area contributed by atoms with Crippen LogP contribution in [0.4, 0.5) is 0 Å². The molecule has 0 amide bonds. The van der Waals surface area contributed by atoms with Crippen LogP contribution in [-0.2, 0) is 25.8 Å². The van der Waals surface area contributed by atoms with Gasteiger partial charge in [0.1, 0.15) is 0 Å².